The van der Waals surface area contributed by atoms with Crippen LogP contribution in [0.1, 0.15) is 32.8 Å². The summed E-state index contributed by atoms with van der Waals surface area (Å²) in [7, 11) is 0. The van der Waals surface area contributed by atoms with Gasteiger partial charge in [0.15, 0.2) is 0 Å². The van der Waals surface area contributed by atoms with E-state index in [0.717, 1.165) is 5.56 Å². The number of nitrogens with zero attached hydrogens (tertiary/aromatic N) is 1. The normalized spacial score (nSPS) is 12.0. The van der Waals surface area contributed by atoms with Gasteiger partial charge in [0.2, 0.25) is 0 Å². The van der Waals surface area contributed by atoms with E-state index in [1.807, 2.05) is 0 Å². The number of carbonyl (C=O) groups is 2. The Morgan fingerprint density at radius 3 is 2.30 bits per heavy atom. The summed E-state index contributed by atoms with van der Waals surface area (Å²) in [6.45, 7) is 5.60. The first kappa shape index (κ1) is 18.9. The van der Waals surface area contributed by atoms with E-state index in [-0.39, 0.29) is 25.3 Å². The number of halogens is 1. The molecule has 1 aromatic carbocycles. The summed E-state index contributed by atoms with van der Waals surface area (Å²) in [5, 5.41) is 0.613. The molecular weight excluding hydrogens is 318 g/mol. The Labute approximate surface area is 141 Å². The van der Waals surface area contributed by atoms with E-state index in [1.54, 1.807) is 45.0 Å². The van der Waals surface area contributed by atoms with Crippen LogP contribution in [0.25, 0.3) is 0 Å². The van der Waals surface area contributed by atoms with Crippen LogP contribution in [-0.4, -0.2) is 31.4 Å². The maximum atomic E-state index is 12.0. The number of hydrogen-bond donors (Lipinski definition) is 0. The Kier molecular flexibility index (Phi) is 8.05. The monoisotopic (exact) mass is 337 g/mol. The molecule has 0 spiro atoms. The van der Waals surface area contributed by atoms with Crippen LogP contribution in [0.3, 0.4) is 0 Å². The fraction of sp³-hybridized carbons (Fsp3) is 0.353. The number of rotatable bonds is 7. The molecule has 124 valence electrons. The maximum Gasteiger partial charge on any atom is 0.356 e. The molecule has 1 rings (SSSR count). The SMILES string of the molecule is CCOC(=O)C/C(C)=C(\N=Cc1ccc(Cl)cc1)C(=O)OCC. The molecule has 0 saturated heterocycles. The van der Waals surface area contributed by atoms with Crippen LogP contribution in [0, 0.1) is 0 Å². The van der Waals surface area contributed by atoms with Crippen LogP contribution in [0.4, 0.5) is 0 Å². The quantitative estimate of drug-likeness (QED) is 0.433. The zero-order chi connectivity index (χ0) is 17.2. The predicted molar refractivity (Wildman–Crippen MR) is 89.6 cm³/mol. The Hall–Kier alpha value is -2.14. The largest absolute Gasteiger partial charge is 0.466 e. The second-order valence-corrected chi connectivity index (χ2v) is 5.08. The lowest BCUT2D eigenvalue weighted by Crippen LogP contribution is -2.11. The summed E-state index contributed by atoms with van der Waals surface area (Å²) in [5.74, 6) is -0.979. The topological polar surface area (TPSA) is 65.0 Å². The number of aliphatic imine (C=N–C) groups is 1. The minimum absolute atomic E-state index is 0.0139. The second-order valence-electron chi connectivity index (χ2n) is 4.64. The Morgan fingerprint density at radius 1 is 1.13 bits per heavy atom. The van der Waals surface area contributed by atoms with Gasteiger partial charge in [0.05, 0.1) is 19.6 Å². The molecule has 0 unspecified atom stereocenters. The van der Waals surface area contributed by atoms with Gasteiger partial charge in [-0.15, -0.1) is 0 Å². The van der Waals surface area contributed by atoms with Crippen molar-refractivity contribution in [2.45, 2.75) is 27.2 Å². The van der Waals surface area contributed by atoms with Crippen molar-refractivity contribution in [1.29, 1.82) is 0 Å². The van der Waals surface area contributed by atoms with Crippen molar-refractivity contribution >= 4 is 29.8 Å². The predicted octanol–water partition coefficient (Wildman–Crippen LogP) is 3.55. The first-order valence-corrected chi connectivity index (χ1v) is 7.67. The van der Waals surface area contributed by atoms with E-state index in [4.69, 9.17) is 21.1 Å². The van der Waals surface area contributed by atoms with Gasteiger partial charge in [0, 0.05) is 11.2 Å². The second kappa shape index (κ2) is 9.79. The van der Waals surface area contributed by atoms with E-state index >= 15 is 0 Å². The van der Waals surface area contributed by atoms with Crippen molar-refractivity contribution in [3.8, 4) is 0 Å². The van der Waals surface area contributed by atoms with Gasteiger partial charge in [-0.3, -0.25) is 4.79 Å². The maximum absolute atomic E-state index is 12.0. The van der Waals surface area contributed by atoms with E-state index in [0.29, 0.717) is 10.6 Å². The molecule has 0 amide bonds. The van der Waals surface area contributed by atoms with Gasteiger partial charge >= 0.3 is 11.9 Å². The average molecular weight is 338 g/mol. The number of hydrogen-bond acceptors (Lipinski definition) is 5. The molecule has 0 fully saturated rings. The fourth-order valence-corrected chi connectivity index (χ4v) is 1.86. The van der Waals surface area contributed by atoms with Crippen molar-refractivity contribution in [2.24, 2.45) is 4.99 Å². The highest BCUT2D eigenvalue weighted by Crippen LogP contribution is 2.14. The molecule has 0 saturated carbocycles. The van der Waals surface area contributed by atoms with E-state index < -0.39 is 11.9 Å². The molecule has 1 aromatic rings. The lowest BCUT2D eigenvalue weighted by Gasteiger charge is -2.07. The Bertz CT molecular complexity index is 606. The smallest absolute Gasteiger partial charge is 0.356 e. The third-order valence-corrected chi connectivity index (χ3v) is 3.05. The first-order chi connectivity index (χ1) is 11.0. The van der Waals surface area contributed by atoms with Gasteiger partial charge in [0.1, 0.15) is 5.70 Å². The minimum atomic E-state index is -0.570. The summed E-state index contributed by atoms with van der Waals surface area (Å²) in [4.78, 5) is 27.8. The molecule has 0 aliphatic rings. The molecule has 0 heterocycles. The fourth-order valence-electron chi connectivity index (χ4n) is 1.74. The zero-order valence-corrected chi connectivity index (χ0v) is 14.2. The lowest BCUT2D eigenvalue weighted by atomic mass is 10.1. The molecule has 0 aliphatic heterocycles. The van der Waals surface area contributed by atoms with E-state index in [2.05, 4.69) is 4.99 Å². The van der Waals surface area contributed by atoms with Gasteiger partial charge in [-0.25, -0.2) is 9.79 Å². The first-order valence-electron chi connectivity index (χ1n) is 7.30. The van der Waals surface area contributed by atoms with Crippen molar-refractivity contribution < 1.29 is 19.1 Å². The number of ether oxygens (including phenoxy) is 2. The van der Waals surface area contributed by atoms with Crippen molar-refractivity contribution in [1.82, 2.24) is 0 Å². The molecule has 0 radical (unpaired) electrons. The van der Waals surface area contributed by atoms with E-state index in [9.17, 15) is 9.59 Å². The van der Waals surface area contributed by atoms with Crippen LogP contribution in [0.2, 0.25) is 5.02 Å². The molecule has 0 atom stereocenters. The Balaban J connectivity index is 3.01. The summed E-state index contributed by atoms with van der Waals surface area (Å²) in [6.07, 6.45) is 1.51. The lowest BCUT2D eigenvalue weighted by molar-refractivity contribution is -0.142. The van der Waals surface area contributed by atoms with Crippen molar-refractivity contribution in [3.05, 3.63) is 46.1 Å². The molecule has 0 bridgehead atoms. The minimum Gasteiger partial charge on any atom is -0.466 e. The molecule has 23 heavy (non-hydrogen) atoms. The molecular formula is C17H20ClNO4. The van der Waals surface area contributed by atoms with E-state index in [1.165, 1.54) is 6.21 Å². The van der Waals surface area contributed by atoms with Crippen LogP contribution in [0.15, 0.2) is 40.5 Å². The summed E-state index contributed by atoms with van der Waals surface area (Å²) in [5.41, 5.74) is 1.38. The number of benzene rings is 1. The van der Waals surface area contributed by atoms with Crippen LogP contribution in [0.5, 0.6) is 0 Å². The zero-order valence-electron chi connectivity index (χ0n) is 13.5. The summed E-state index contributed by atoms with van der Waals surface area (Å²) >= 11 is 5.82. The van der Waals surface area contributed by atoms with Crippen LogP contribution < -0.4 is 0 Å². The highest BCUT2D eigenvalue weighted by molar-refractivity contribution is 6.30. The van der Waals surface area contributed by atoms with Gasteiger partial charge in [-0.1, -0.05) is 23.7 Å². The molecule has 0 N–H and O–H groups in total. The average Bonchev–Trinajstić information content (AvgIpc) is 2.49. The van der Waals surface area contributed by atoms with Gasteiger partial charge in [-0.05, 0) is 44.0 Å². The summed E-state index contributed by atoms with van der Waals surface area (Å²) < 4.78 is 9.88. The van der Waals surface area contributed by atoms with Crippen LogP contribution in [-0.2, 0) is 19.1 Å². The molecule has 6 heteroatoms. The molecule has 5 nitrogen and oxygen atoms in total. The molecule has 0 aromatic heterocycles. The van der Waals surface area contributed by atoms with Gasteiger partial charge < -0.3 is 9.47 Å². The molecule has 0 aliphatic carbocycles. The third-order valence-electron chi connectivity index (χ3n) is 2.80. The number of carbonyl (C=O) groups excluding carboxylic acids is 2. The van der Waals surface area contributed by atoms with Gasteiger partial charge in [0.25, 0.3) is 0 Å². The third kappa shape index (κ3) is 6.65. The van der Waals surface area contributed by atoms with Crippen LogP contribution >= 0.6 is 11.6 Å². The van der Waals surface area contributed by atoms with Crippen molar-refractivity contribution in [3.63, 3.8) is 0 Å². The number of esters is 2. The highest BCUT2D eigenvalue weighted by atomic mass is 35.5. The standard InChI is InChI=1S/C17H20ClNO4/c1-4-22-15(20)10-12(3)16(17(21)23-5-2)19-11-13-6-8-14(18)9-7-13/h6-9,11H,4-5,10H2,1-3H3/b16-12-,19-11?. The highest BCUT2D eigenvalue weighted by Gasteiger charge is 2.15. The Morgan fingerprint density at radius 2 is 1.74 bits per heavy atom. The summed E-state index contributed by atoms with van der Waals surface area (Å²) in [6, 6.07) is 6.99. The van der Waals surface area contributed by atoms with Crippen molar-refractivity contribution in [2.75, 3.05) is 13.2 Å². The van der Waals surface area contributed by atoms with Gasteiger partial charge in [-0.2, -0.15) is 0 Å².